The zero-order valence-corrected chi connectivity index (χ0v) is 12.4. The van der Waals surface area contributed by atoms with Crippen molar-refractivity contribution in [2.24, 2.45) is 5.41 Å². The molecule has 5 heteroatoms. The number of carbonyl (C=O) groups excluding carboxylic acids is 1. The van der Waals surface area contributed by atoms with E-state index >= 15 is 0 Å². The van der Waals surface area contributed by atoms with Crippen LogP contribution in [0.1, 0.15) is 25.5 Å². The van der Waals surface area contributed by atoms with Crippen LogP contribution in [0.4, 0.5) is 0 Å². The number of carbonyl (C=O) groups is 1. The topological polar surface area (TPSA) is 45.5 Å². The van der Waals surface area contributed by atoms with Gasteiger partial charge in [-0.05, 0) is 54.0 Å². The van der Waals surface area contributed by atoms with Gasteiger partial charge in [-0.15, -0.1) is 0 Å². The number of nitrogens with zero attached hydrogens (tertiary/aromatic N) is 1. The third-order valence-electron chi connectivity index (χ3n) is 3.59. The molecule has 2 rings (SSSR count). The van der Waals surface area contributed by atoms with Crippen LogP contribution in [-0.2, 0) is 11.3 Å². The highest BCUT2D eigenvalue weighted by Gasteiger charge is 2.36. The molecule has 0 atom stereocenters. The summed E-state index contributed by atoms with van der Waals surface area (Å²) in [5, 5.41) is 3.29. The molecule has 1 fully saturated rings. The molecule has 1 N–H and O–H groups in total. The van der Waals surface area contributed by atoms with Gasteiger partial charge < -0.3 is 14.6 Å². The second-order valence-corrected chi connectivity index (χ2v) is 5.96. The van der Waals surface area contributed by atoms with Gasteiger partial charge in [-0.3, -0.25) is 4.79 Å². The van der Waals surface area contributed by atoms with Gasteiger partial charge >= 0.3 is 0 Å². The van der Waals surface area contributed by atoms with Gasteiger partial charge in [-0.2, -0.15) is 0 Å². The maximum atomic E-state index is 12.5. The highest BCUT2D eigenvalue weighted by molar-refractivity contribution is 9.10. The van der Waals surface area contributed by atoms with Crippen LogP contribution in [0, 0.1) is 5.41 Å². The van der Waals surface area contributed by atoms with Crippen LogP contribution in [0.5, 0.6) is 0 Å². The summed E-state index contributed by atoms with van der Waals surface area (Å²) in [5.74, 6) is 1.01. The molecular formula is C13H19BrN2O2. The van der Waals surface area contributed by atoms with Crippen LogP contribution in [-0.4, -0.2) is 30.9 Å². The molecule has 0 unspecified atom stereocenters. The molecule has 100 valence electrons. The quantitative estimate of drug-likeness (QED) is 0.931. The Morgan fingerprint density at radius 2 is 2.17 bits per heavy atom. The van der Waals surface area contributed by atoms with E-state index in [0.717, 1.165) is 31.7 Å². The van der Waals surface area contributed by atoms with E-state index in [2.05, 4.69) is 28.2 Å². The molecule has 1 saturated heterocycles. The van der Waals surface area contributed by atoms with Crippen LogP contribution in [0.25, 0.3) is 0 Å². The lowest BCUT2D eigenvalue weighted by atomic mass is 9.80. The second-order valence-electron chi connectivity index (χ2n) is 5.18. The van der Waals surface area contributed by atoms with Crippen LogP contribution in [0.3, 0.4) is 0 Å². The van der Waals surface area contributed by atoms with E-state index in [1.165, 1.54) is 0 Å². The first kappa shape index (κ1) is 13.6. The van der Waals surface area contributed by atoms with Crippen molar-refractivity contribution < 1.29 is 9.21 Å². The number of nitrogens with one attached hydrogen (secondary N) is 1. The van der Waals surface area contributed by atoms with Gasteiger partial charge in [0, 0.05) is 12.5 Å². The highest BCUT2D eigenvalue weighted by Crippen LogP contribution is 2.30. The van der Waals surface area contributed by atoms with Crippen molar-refractivity contribution in [2.45, 2.75) is 26.3 Å². The third kappa shape index (κ3) is 2.95. The van der Waals surface area contributed by atoms with Crippen molar-refractivity contribution in [1.82, 2.24) is 10.2 Å². The average Bonchev–Trinajstić information content (AvgIpc) is 2.74. The Morgan fingerprint density at radius 1 is 1.50 bits per heavy atom. The summed E-state index contributed by atoms with van der Waals surface area (Å²) >= 11 is 3.27. The molecule has 18 heavy (non-hydrogen) atoms. The van der Waals surface area contributed by atoms with Crippen molar-refractivity contribution in [1.29, 1.82) is 0 Å². The normalized spacial score (nSPS) is 18.6. The maximum Gasteiger partial charge on any atom is 0.228 e. The van der Waals surface area contributed by atoms with E-state index < -0.39 is 0 Å². The van der Waals surface area contributed by atoms with Gasteiger partial charge in [0.25, 0.3) is 0 Å². The minimum Gasteiger partial charge on any atom is -0.452 e. The molecule has 1 aliphatic rings. The molecule has 0 saturated carbocycles. The molecule has 1 amide bonds. The first-order valence-corrected chi connectivity index (χ1v) is 7.01. The summed E-state index contributed by atoms with van der Waals surface area (Å²) in [6.45, 7) is 4.42. The summed E-state index contributed by atoms with van der Waals surface area (Å²) < 4.78 is 6.14. The van der Waals surface area contributed by atoms with E-state index in [1.54, 1.807) is 4.90 Å². The molecule has 1 aliphatic heterocycles. The smallest absolute Gasteiger partial charge is 0.228 e. The fourth-order valence-corrected chi connectivity index (χ4v) is 2.74. The largest absolute Gasteiger partial charge is 0.452 e. The molecule has 0 bridgehead atoms. The Hall–Kier alpha value is -0.810. The lowest BCUT2D eigenvalue weighted by molar-refractivity contribution is -0.142. The van der Waals surface area contributed by atoms with E-state index in [1.807, 2.05) is 19.2 Å². The molecular weight excluding hydrogens is 296 g/mol. The Labute approximate surface area is 116 Å². The van der Waals surface area contributed by atoms with Crippen molar-refractivity contribution in [3.8, 4) is 0 Å². The van der Waals surface area contributed by atoms with Crippen LogP contribution < -0.4 is 5.32 Å². The zero-order valence-electron chi connectivity index (χ0n) is 10.8. The second kappa shape index (κ2) is 5.45. The number of piperidine rings is 1. The minimum absolute atomic E-state index is 0.205. The predicted molar refractivity (Wildman–Crippen MR) is 73.1 cm³/mol. The van der Waals surface area contributed by atoms with E-state index in [-0.39, 0.29) is 11.3 Å². The summed E-state index contributed by atoms with van der Waals surface area (Å²) in [6.07, 6.45) is 1.80. The molecule has 1 aromatic heterocycles. The Balaban J connectivity index is 1.99. The number of rotatable bonds is 3. The summed E-state index contributed by atoms with van der Waals surface area (Å²) in [4.78, 5) is 14.2. The van der Waals surface area contributed by atoms with Gasteiger partial charge in [0.2, 0.25) is 5.91 Å². The zero-order chi connectivity index (χ0) is 13.2. The van der Waals surface area contributed by atoms with E-state index in [9.17, 15) is 4.79 Å². The highest BCUT2D eigenvalue weighted by atomic mass is 79.9. The molecule has 0 aromatic carbocycles. The third-order valence-corrected chi connectivity index (χ3v) is 4.02. The first-order valence-electron chi connectivity index (χ1n) is 6.22. The summed E-state index contributed by atoms with van der Waals surface area (Å²) in [6, 6.07) is 3.73. The Morgan fingerprint density at radius 3 is 2.72 bits per heavy atom. The van der Waals surface area contributed by atoms with Crippen LogP contribution in [0.2, 0.25) is 0 Å². The van der Waals surface area contributed by atoms with Crippen molar-refractivity contribution in [3.63, 3.8) is 0 Å². The van der Waals surface area contributed by atoms with E-state index in [0.29, 0.717) is 11.2 Å². The van der Waals surface area contributed by atoms with Crippen molar-refractivity contribution in [2.75, 3.05) is 20.1 Å². The fraction of sp³-hybridized carbons (Fsp3) is 0.615. The number of furan rings is 1. The molecule has 0 aliphatic carbocycles. The average molecular weight is 315 g/mol. The number of hydrogen-bond acceptors (Lipinski definition) is 3. The molecule has 0 radical (unpaired) electrons. The van der Waals surface area contributed by atoms with Gasteiger partial charge in [-0.25, -0.2) is 0 Å². The predicted octanol–water partition coefficient (Wildman–Crippen LogP) is 2.39. The van der Waals surface area contributed by atoms with Crippen LogP contribution in [0.15, 0.2) is 21.2 Å². The van der Waals surface area contributed by atoms with Gasteiger partial charge in [0.05, 0.1) is 6.54 Å². The van der Waals surface area contributed by atoms with Crippen molar-refractivity contribution >= 4 is 21.8 Å². The van der Waals surface area contributed by atoms with Gasteiger partial charge in [0.15, 0.2) is 4.67 Å². The molecule has 1 aromatic rings. The fourth-order valence-electron chi connectivity index (χ4n) is 2.40. The number of amides is 1. The molecule has 4 nitrogen and oxygen atoms in total. The summed E-state index contributed by atoms with van der Waals surface area (Å²) in [5.41, 5.74) is -0.232. The van der Waals surface area contributed by atoms with Crippen molar-refractivity contribution in [3.05, 3.63) is 22.6 Å². The van der Waals surface area contributed by atoms with Crippen LogP contribution >= 0.6 is 15.9 Å². The standard InChI is InChI=1S/C13H19BrN2O2/c1-13(5-7-15-8-6-13)12(17)16(2)9-10-3-4-11(14)18-10/h3-4,15H,5-9H2,1-2H3. The van der Waals surface area contributed by atoms with E-state index in [4.69, 9.17) is 4.42 Å². The first-order chi connectivity index (χ1) is 8.51. The Kier molecular flexibility index (Phi) is 4.12. The van der Waals surface area contributed by atoms with Gasteiger partial charge in [-0.1, -0.05) is 6.92 Å². The minimum atomic E-state index is -0.232. The molecule has 0 spiro atoms. The SMILES string of the molecule is CN(Cc1ccc(Br)o1)C(=O)C1(C)CCNCC1. The monoisotopic (exact) mass is 314 g/mol. The lowest BCUT2D eigenvalue weighted by Gasteiger charge is -2.35. The summed E-state index contributed by atoms with van der Waals surface area (Å²) in [7, 11) is 1.84. The number of hydrogen-bond donors (Lipinski definition) is 1. The maximum absolute atomic E-state index is 12.5. The van der Waals surface area contributed by atoms with Gasteiger partial charge in [0.1, 0.15) is 5.76 Å². The Bertz CT molecular complexity index is 424. The lowest BCUT2D eigenvalue weighted by Crippen LogP contribution is -2.46. The number of halogens is 1. The molecule has 2 heterocycles.